The minimum Gasteiger partial charge on any atom is -0.0856 e. The fraction of sp³-hybridized carbons (Fsp3) is 1.00. The molecule has 2 saturated carbocycles. The van der Waals surface area contributed by atoms with Crippen LogP contribution >= 0.6 is 31.9 Å². The largest absolute Gasteiger partial charge is 0.0856 e. The van der Waals surface area contributed by atoms with Crippen molar-refractivity contribution in [2.45, 2.75) is 59.9 Å². The maximum Gasteiger partial charge on any atom is 0.0743 e. The van der Waals surface area contributed by atoms with E-state index in [0.717, 1.165) is 12.3 Å². The summed E-state index contributed by atoms with van der Waals surface area (Å²) in [5.41, 5.74) is 0. The SMILES string of the molecule is [B]C1(C)CC2CC(C)(Br)CC(Br)(C2)C1. The van der Waals surface area contributed by atoms with Gasteiger partial charge in [-0.3, -0.25) is 0 Å². The van der Waals surface area contributed by atoms with E-state index in [-0.39, 0.29) is 9.64 Å². The molecule has 2 radical (unpaired) electrons. The lowest BCUT2D eigenvalue weighted by Crippen LogP contribution is -2.47. The normalized spacial score (nSPS) is 58.4. The molecular formula is C11H17BBr2. The van der Waals surface area contributed by atoms with Crippen LogP contribution in [0.25, 0.3) is 0 Å². The third-order valence-electron chi connectivity index (χ3n) is 3.53. The van der Waals surface area contributed by atoms with Gasteiger partial charge < -0.3 is 0 Å². The molecule has 2 aliphatic carbocycles. The lowest BCUT2D eigenvalue weighted by atomic mass is 9.52. The van der Waals surface area contributed by atoms with Crippen molar-refractivity contribution in [1.82, 2.24) is 0 Å². The minimum atomic E-state index is 0.0376. The first-order chi connectivity index (χ1) is 6.20. The second-order valence-electron chi connectivity index (χ2n) is 6.05. The van der Waals surface area contributed by atoms with E-state index < -0.39 is 0 Å². The van der Waals surface area contributed by atoms with Crippen molar-refractivity contribution in [2.75, 3.05) is 0 Å². The summed E-state index contributed by atoms with van der Waals surface area (Å²) in [5, 5.41) is 0.0376. The van der Waals surface area contributed by atoms with Crippen LogP contribution in [0.4, 0.5) is 0 Å². The Hall–Kier alpha value is 1.02. The molecule has 3 heteroatoms. The quantitative estimate of drug-likeness (QED) is 0.463. The van der Waals surface area contributed by atoms with Gasteiger partial charge in [0.05, 0.1) is 7.85 Å². The zero-order chi connectivity index (χ0) is 10.6. The highest BCUT2D eigenvalue weighted by molar-refractivity contribution is 9.10. The summed E-state index contributed by atoms with van der Waals surface area (Å²) >= 11 is 7.78. The van der Waals surface area contributed by atoms with Crippen LogP contribution in [0.5, 0.6) is 0 Å². The third-order valence-corrected chi connectivity index (χ3v) is 5.02. The van der Waals surface area contributed by atoms with Gasteiger partial charge in [0, 0.05) is 8.65 Å². The van der Waals surface area contributed by atoms with Crippen molar-refractivity contribution in [3.63, 3.8) is 0 Å². The van der Waals surface area contributed by atoms with Crippen LogP contribution in [0.1, 0.15) is 46.0 Å². The van der Waals surface area contributed by atoms with E-state index in [0.29, 0.717) is 4.32 Å². The van der Waals surface area contributed by atoms with Crippen LogP contribution < -0.4 is 0 Å². The molecule has 4 unspecified atom stereocenters. The molecule has 78 valence electrons. The van der Waals surface area contributed by atoms with Gasteiger partial charge in [0.2, 0.25) is 0 Å². The molecule has 2 rings (SSSR count). The molecule has 2 aliphatic rings. The molecule has 0 aromatic carbocycles. The van der Waals surface area contributed by atoms with Crippen LogP contribution in [0.2, 0.25) is 5.31 Å². The van der Waals surface area contributed by atoms with Gasteiger partial charge in [-0.2, -0.15) is 0 Å². The molecule has 0 saturated heterocycles. The Morgan fingerprint density at radius 2 is 1.71 bits per heavy atom. The van der Waals surface area contributed by atoms with Crippen molar-refractivity contribution in [3.8, 4) is 0 Å². The Labute approximate surface area is 105 Å². The number of rotatable bonds is 0. The van der Waals surface area contributed by atoms with E-state index in [1.54, 1.807) is 0 Å². The van der Waals surface area contributed by atoms with Crippen molar-refractivity contribution in [3.05, 3.63) is 0 Å². The summed E-state index contributed by atoms with van der Waals surface area (Å²) in [7, 11) is 6.30. The summed E-state index contributed by atoms with van der Waals surface area (Å²) < 4.78 is 0.603. The Kier molecular flexibility index (Phi) is 2.68. The van der Waals surface area contributed by atoms with E-state index in [1.165, 1.54) is 25.7 Å². The van der Waals surface area contributed by atoms with E-state index in [1.807, 2.05) is 0 Å². The molecule has 2 fully saturated rings. The zero-order valence-electron chi connectivity index (χ0n) is 8.95. The second-order valence-corrected chi connectivity index (χ2v) is 9.65. The van der Waals surface area contributed by atoms with Crippen molar-refractivity contribution >= 4 is 39.7 Å². The van der Waals surface area contributed by atoms with E-state index in [4.69, 9.17) is 7.85 Å². The summed E-state index contributed by atoms with van der Waals surface area (Å²) in [6.07, 6.45) is 6.07. The maximum atomic E-state index is 6.30. The molecule has 0 N–H and O–H groups in total. The summed E-state index contributed by atoms with van der Waals surface area (Å²) in [6.45, 7) is 4.51. The first kappa shape index (κ1) is 11.5. The van der Waals surface area contributed by atoms with Crippen molar-refractivity contribution < 1.29 is 0 Å². The average Bonchev–Trinajstić information content (AvgIpc) is 1.71. The van der Waals surface area contributed by atoms with Gasteiger partial charge in [-0.1, -0.05) is 50.5 Å². The van der Waals surface area contributed by atoms with Crippen molar-refractivity contribution in [2.24, 2.45) is 5.92 Å². The smallest absolute Gasteiger partial charge is 0.0743 e. The zero-order valence-corrected chi connectivity index (χ0v) is 12.1. The van der Waals surface area contributed by atoms with Crippen LogP contribution in [0.3, 0.4) is 0 Å². The average molecular weight is 320 g/mol. The molecule has 0 aliphatic heterocycles. The van der Waals surface area contributed by atoms with Crippen LogP contribution in [0.15, 0.2) is 0 Å². The highest BCUT2D eigenvalue weighted by Gasteiger charge is 2.50. The van der Waals surface area contributed by atoms with Gasteiger partial charge in [-0.25, -0.2) is 0 Å². The number of hydrogen-bond acceptors (Lipinski definition) is 0. The molecular weight excluding hydrogens is 303 g/mol. The van der Waals surface area contributed by atoms with E-state index >= 15 is 0 Å². The molecule has 0 spiro atoms. The fourth-order valence-electron chi connectivity index (χ4n) is 3.73. The lowest BCUT2D eigenvalue weighted by molar-refractivity contribution is 0.163. The Bertz CT molecular complexity index is 225. The highest BCUT2D eigenvalue weighted by Crippen LogP contribution is 2.60. The number of halogens is 2. The molecule has 0 heterocycles. The second kappa shape index (κ2) is 3.26. The first-order valence-corrected chi connectivity index (χ1v) is 6.95. The topological polar surface area (TPSA) is 0 Å². The van der Waals surface area contributed by atoms with Gasteiger partial charge in [-0.05, 0) is 38.5 Å². The molecule has 0 aromatic heterocycles. The summed E-state index contributed by atoms with van der Waals surface area (Å²) in [5.74, 6) is 0.788. The lowest BCUT2D eigenvalue weighted by Gasteiger charge is -2.53. The van der Waals surface area contributed by atoms with Gasteiger partial charge >= 0.3 is 0 Å². The molecule has 0 amide bonds. The molecule has 2 bridgehead atoms. The summed E-state index contributed by atoms with van der Waals surface area (Å²) in [4.78, 5) is 0. The molecule has 0 aromatic rings. The fourth-order valence-corrected chi connectivity index (χ4v) is 6.82. The number of hydrogen-bond donors (Lipinski definition) is 0. The van der Waals surface area contributed by atoms with Crippen LogP contribution in [0, 0.1) is 5.92 Å². The third kappa shape index (κ3) is 2.40. The van der Waals surface area contributed by atoms with Gasteiger partial charge in [-0.15, -0.1) is 0 Å². The van der Waals surface area contributed by atoms with Gasteiger partial charge in [0.15, 0.2) is 0 Å². The minimum absolute atomic E-state index is 0.0376. The standard InChI is InChI=1S/C11H17BBr2/c1-9(12)3-8-4-10(2,13)7-11(14,5-8)6-9/h8H,3-7H2,1-2H3. The summed E-state index contributed by atoms with van der Waals surface area (Å²) in [6, 6.07) is 0. The maximum absolute atomic E-state index is 6.30. The van der Waals surface area contributed by atoms with E-state index in [9.17, 15) is 0 Å². The van der Waals surface area contributed by atoms with Crippen LogP contribution in [-0.4, -0.2) is 16.5 Å². The molecule has 4 atom stereocenters. The van der Waals surface area contributed by atoms with Crippen LogP contribution in [-0.2, 0) is 0 Å². The van der Waals surface area contributed by atoms with E-state index in [2.05, 4.69) is 45.7 Å². The van der Waals surface area contributed by atoms with Gasteiger partial charge in [0.1, 0.15) is 0 Å². The predicted octanol–water partition coefficient (Wildman–Crippen LogP) is 4.21. The first-order valence-electron chi connectivity index (χ1n) is 5.37. The molecule has 0 nitrogen and oxygen atoms in total. The monoisotopic (exact) mass is 318 g/mol. The highest BCUT2D eigenvalue weighted by atomic mass is 79.9. The number of fused-ring (bicyclic) bond motifs is 2. The Morgan fingerprint density at radius 1 is 1.07 bits per heavy atom. The number of alkyl halides is 2. The van der Waals surface area contributed by atoms with Gasteiger partial charge in [0.25, 0.3) is 0 Å². The Balaban J connectivity index is 2.22. The Morgan fingerprint density at radius 3 is 2.29 bits per heavy atom. The predicted molar refractivity (Wildman–Crippen MR) is 69.7 cm³/mol. The molecule has 14 heavy (non-hydrogen) atoms. The van der Waals surface area contributed by atoms with Crippen molar-refractivity contribution in [1.29, 1.82) is 0 Å².